The Morgan fingerprint density at radius 3 is 2.93 bits per heavy atom. The van der Waals surface area contributed by atoms with Gasteiger partial charge in [-0.1, -0.05) is 18.2 Å². The molecule has 6 nitrogen and oxygen atoms in total. The Hall–Kier alpha value is -1.96. The standard InChI is InChI=1S/C22H31N3O3S/c1-18(16-28-20-10-14-26-17-20)25-22(23-11-9-19-6-5-13-27-19)24-12-15-29-21-7-3-2-4-8-21/h2-8,13,18,20H,9-12,14-17H2,1H3,(H2,23,24,25). The topological polar surface area (TPSA) is 68.0 Å². The third-order valence-electron chi connectivity index (χ3n) is 4.47. The molecule has 1 aliphatic heterocycles. The smallest absolute Gasteiger partial charge is 0.191 e. The Morgan fingerprint density at radius 2 is 2.17 bits per heavy atom. The highest BCUT2D eigenvalue weighted by Crippen LogP contribution is 2.15. The molecule has 0 bridgehead atoms. The number of ether oxygens (including phenoxy) is 2. The zero-order chi connectivity index (χ0) is 20.2. The van der Waals surface area contributed by atoms with E-state index in [9.17, 15) is 0 Å². The van der Waals surface area contributed by atoms with E-state index in [2.05, 4.69) is 41.8 Å². The average molecular weight is 418 g/mol. The maximum absolute atomic E-state index is 5.92. The maximum Gasteiger partial charge on any atom is 0.191 e. The van der Waals surface area contributed by atoms with Crippen molar-refractivity contribution in [2.75, 3.05) is 38.7 Å². The summed E-state index contributed by atoms with van der Waals surface area (Å²) in [6.45, 7) is 5.73. The molecule has 0 amide bonds. The van der Waals surface area contributed by atoms with Crippen LogP contribution in [0.3, 0.4) is 0 Å². The first-order valence-corrected chi connectivity index (χ1v) is 11.2. The first-order valence-electron chi connectivity index (χ1n) is 10.2. The van der Waals surface area contributed by atoms with Crippen LogP contribution in [0.2, 0.25) is 0 Å². The number of hydrogen-bond acceptors (Lipinski definition) is 5. The molecular weight excluding hydrogens is 386 g/mol. The van der Waals surface area contributed by atoms with Crippen molar-refractivity contribution in [1.29, 1.82) is 0 Å². The Morgan fingerprint density at radius 1 is 1.28 bits per heavy atom. The van der Waals surface area contributed by atoms with Gasteiger partial charge in [0.25, 0.3) is 0 Å². The zero-order valence-electron chi connectivity index (χ0n) is 17.0. The highest BCUT2D eigenvalue weighted by Gasteiger charge is 2.17. The molecule has 7 heteroatoms. The van der Waals surface area contributed by atoms with Crippen molar-refractivity contribution >= 4 is 17.7 Å². The Balaban J connectivity index is 1.43. The zero-order valence-corrected chi connectivity index (χ0v) is 17.8. The summed E-state index contributed by atoms with van der Waals surface area (Å²) in [4.78, 5) is 5.98. The van der Waals surface area contributed by atoms with Crippen LogP contribution in [0.15, 0.2) is 63.0 Å². The van der Waals surface area contributed by atoms with Crippen LogP contribution in [0.4, 0.5) is 0 Å². The molecule has 3 rings (SSSR count). The number of aliphatic imine (C=N–C) groups is 1. The van der Waals surface area contributed by atoms with Gasteiger partial charge in [-0.25, -0.2) is 0 Å². The Kier molecular flexibility index (Phi) is 9.42. The molecule has 1 aromatic carbocycles. The summed E-state index contributed by atoms with van der Waals surface area (Å²) < 4.78 is 16.7. The summed E-state index contributed by atoms with van der Waals surface area (Å²) in [7, 11) is 0. The maximum atomic E-state index is 5.92. The van der Waals surface area contributed by atoms with E-state index in [0.29, 0.717) is 19.8 Å². The number of hydrogen-bond donors (Lipinski definition) is 2. The molecule has 1 aliphatic rings. The van der Waals surface area contributed by atoms with Gasteiger partial charge in [0.1, 0.15) is 5.76 Å². The SMILES string of the molecule is CC(COC1CCOC1)NC(=NCCc1ccco1)NCCSc1ccccc1. The predicted octanol–water partition coefficient (Wildman–Crippen LogP) is 3.34. The second-order valence-electron chi connectivity index (χ2n) is 7.01. The van der Waals surface area contributed by atoms with E-state index >= 15 is 0 Å². The molecule has 0 radical (unpaired) electrons. The summed E-state index contributed by atoms with van der Waals surface area (Å²) in [6, 6.07) is 14.5. The third kappa shape index (κ3) is 8.51. The lowest BCUT2D eigenvalue weighted by atomic mass is 10.3. The van der Waals surface area contributed by atoms with Gasteiger partial charge in [0.2, 0.25) is 0 Å². The molecule has 158 valence electrons. The van der Waals surface area contributed by atoms with Crippen LogP contribution < -0.4 is 10.6 Å². The fraction of sp³-hybridized carbons (Fsp3) is 0.500. The van der Waals surface area contributed by atoms with E-state index in [1.165, 1.54) is 4.90 Å². The Bertz CT molecular complexity index is 703. The third-order valence-corrected chi connectivity index (χ3v) is 5.48. The minimum atomic E-state index is 0.159. The fourth-order valence-electron chi connectivity index (χ4n) is 2.94. The van der Waals surface area contributed by atoms with Gasteiger partial charge in [0.05, 0.1) is 25.6 Å². The van der Waals surface area contributed by atoms with Gasteiger partial charge in [-0.2, -0.15) is 0 Å². The van der Waals surface area contributed by atoms with Crippen molar-refractivity contribution in [3.8, 4) is 0 Å². The highest BCUT2D eigenvalue weighted by atomic mass is 32.2. The first-order chi connectivity index (χ1) is 14.3. The molecule has 29 heavy (non-hydrogen) atoms. The lowest BCUT2D eigenvalue weighted by molar-refractivity contribution is 0.0347. The number of benzene rings is 1. The van der Waals surface area contributed by atoms with Crippen molar-refractivity contribution in [2.45, 2.75) is 36.8 Å². The van der Waals surface area contributed by atoms with Gasteiger partial charge in [0, 0.05) is 42.8 Å². The average Bonchev–Trinajstić information content (AvgIpc) is 3.44. The van der Waals surface area contributed by atoms with Crippen molar-refractivity contribution in [2.24, 2.45) is 4.99 Å². The molecule has 1 fully saturated rings. The normalized spacial score (nSPS) is 18.0. The number of nitrogens with one attached hydrogen (secondary N) is 2. The lowest BCUT2D eigenvalue weighted by Gasteiger charge is -2.20. The molecule has 0 spiro atoms. The van der Waals surface area contributed by atoms with E-state index in [1.807, 2.05) is 30.0 Å². The van der Waals surface area contributed by atoms with Crippen molar-refractivity contribution in [1.82, 2.24) is 10.6 Å². The van der Waals surface area contributed by atoms with Gasteiger partial charge in [-0.3, -0.25) is 4.99 Å². The van der Waals surface area contributed by atoms with Crippen LogP contribution in [-0.4, -0.2) is 56.8 Å². The van der Waals surface area contributed by atoms with Crippen molar-refractivity contribution in [3.05, 3.63) is 54.5 Å². The summed E-state index contributed by atoms with van der Waals surface area (Å²) in [5, 5.41) is 6.89. The summed E-state index contributed by atoms with van der Waals surface area (Å²) in [5.41, 5.74) is 0. The van der Waals surface area contributed by atoms with E-state index in [4.69, 9.17) is 18.9 Å². The van der Waals surface area contributed by atoms with Gasteiger partial charge in [-0.15, -0.1) is 11.8 Å². The van der Waals surface area contributed by atoms with Crippen LogP contribution in [0, 0.1) is 0 Å². The summed E-state index contributed by atoms with van der Waals surface area (Å²) in [6.07, 6.45) is 3.67. The minimum Gasteiger partial charge on any atom is -0.469 e. The van der Waals surface area contributed by atoms with E-state index in [0.717, 1.165) is 43.5 Å². The van der Waals surface area contributed by atoms with Gasteiger partial charge < -0.3 is 24.5 Å². The largest absolute Gasteiger partial charge is 0.469 e. The molecule has 1 saturated heterocycles. The summed E-state index contributed by atoms with van der Waals surface area (Å²) >= 11 is 1.83. The van der Waals surface area contributed by atoms with E-state index in [-0.39, 0.29) is 12.1 Å². The van der Waals surface area contributed by atoms with Crippen LogP contribution in [-0.2, 0) is 15.9 Å². The molecular formula is C22H31N3O3S. The van der Waals surface area contributed by atoms with Crippen LogP contribution >= 0.6 is 11.8 Å². The van der Waals surface area contributed by atoms with E-state index in [1.54, 1.807) is 6.26 Å². The highest BCUT2D eigenvalue weighted by molar-refractivity contribution is 7.99. The monoisotopic (exact) mass is 417 g/mol. The summed E-state index contributed by atoms with van der Waals surface area (Å²) in [5.74, 6) is 2.72. The van der Waals surface area contributed by atoms with Crippen LogP contribution in [0.25, 0.3) is 0 Å². The molecule has 2 atom stereocenters. The molecule has 0 saturated carbocycles. The lowest BCUT2D eigenvalue weighted by Crippen LogP contribution is -2.45. The van der Waals surface area contributed by atoms with Gasteiger partial charge in [0.15, 0.2) is 5.96 Å². The second kappa shape index (κ2) is 12.6. The second-order valence-corrected chi connectivity index (χ2v) is 8.18. The Labute approximate surface area is 177 Å². The van der Waals surface area contributed by atoms with Gasteiger partial charge >= 0.3 is 0 Å². The number of thioether (sulfide) groups is 1. The quantitative estimate of drug-likeness (QED) is 0.253. The molecule has 1 aromatic heterocycles. The number of nitrogens with zero attached hydrogens (tertiary/aromatic N) is 1. The van der Waals surface area contributed by atoms with Crippen LogP contribution in [0.5, 0.6) is 0 Å². The predicted molar refractivity (Wildman–Crippen MR) is 118 cm³/mol. The molecule has 0 aliphatic carbocycles. The first kappa shape index (κ1) is 21.7. The van der Waals surface area contributed by atoms with E-state index < -0.39 is 0 Å². The number of guanidine groups is 1. The number of rotatable bonds is 11. The minimum absolute atomic E-state index is 0.159. The van der Waals surface area contributed by atoms with Gasteiger partial charge in [-0.05, 0) is 37.6 Å². The molecule has 2 heterocycles. The molecule has 2 unspecified atom stereocenters. The van der Waals surface area contributed by atoms with Crippen LogP contribution in [0.1, 0.15) is 19.1 Å². The molecule has 2 N–H and O–H groups in total. The fourth-order valence-corrected chi connectivity index (χ4v) is 3.73. The van der Waals surface area contributed by atoms with Crippen molar-refractivity contribution in [3.63, 3.8) is 0 Å². The number of furan rings is 1. The van der Waals surface area contributed by atoms with Crippen molar-refractivity contribution < 1.29 is 13.9 Å². The molecule has 2 aromatic rings.